The molecule has 1 aromatic heterocycles. The van der Waals surface area contributed by atoms with Crippen molar-refractivity contribution in [3.63, 3.8) is 0 Å². The Labute approximate surface area is 97.2 Å². The van der Waals surface area contributed by atoms with Crippen LogP contribution in [0.5, 0.6) is 0 Å². The third-order valence-corrected chi connectivity index (χ3v) is 2.92. The van der Waals surface area contributed by atoms with Crippen LogP contribution in [0.1, 0.15) is 22.4 Å². The lowest BCUT2D eigenvalue weighted by atomic mass is 9.96. The van der Waals surface area contributed by atoms with Crippen LogP contribution in [-0.2, 0) is 0 Å². The average molecular weight is 211 g/mol. The molecule has 1 heteroatoms. The maximum Gasteiger partial charge on any atom is 0.0379 e. The summed E-state index contributed by atoms with van der Waals surface area (Å²) in [7, 11) is 0. The number of rotatable bonds is 1. The first-order valence-electron chi connectivity index (χ1n) is 5.59. The summed E-state index contributed by atoms with van der Waals surface area (Å²) in [6.07, 6.45) is 1.95. The van der Waals surface area contributed by atoms with Crippen LogP contribution < -0.4 is 0 Å². The van der Waals surface area contributed by atoms with Gasteiger partial charge in [0.1, 0.15) is 0 Å². The molecule has 0 aliphatic carbocycles. The van der Waals surface area contributed by atoms with E-state index in [1.807, 2.05) is 13.1 Å². The Hall–Kier alpha value is -1.63. The van der Waals surface area contributed by atoms with Gasteiger partial charge in [-0.2, -0.15) is 0 Å². The Balaban J connectivity index is 2.66. The van der Waals surface area contributed by atoms with E-state index in [4.69, 9.17) is 0 Å². The van der Waals surface area contributed by atoms with Crippen molar-refractivity contribution >= 4 is 0 Å². The Morgan fingerprint density at radius 3 is 2.25 bits per heavy atom. The fourth-order valence-corrected chi connectivity index (χ4v) is 1.94. The van der Waals surface area contributed by atoms with Crippen LogP contribution in [0.25, 0.3) is 11.1 Å². The second-order valence-corrected chi connectivity index (χ2v) is 4.46. The quantitative estimate of drug-likeness (QED) is 0.695. The van der Waals surface area contributed by atoms with E-state index in [1.54, 1.807) is 0 Å². The minimum absolute atomic E-state index is 1.07. The van der Waals surface area contributed by atoms with Crippen LogP contribution in [0.2, 0.25) is 0 Å². The summed E-state index contributed by atoms with van der Waals surface area (Å²) in [6, 6.07) is 8.75. The molecule has 0 aliphatic rings. The van der Waals surface area contributed by atoms with Gasteiger partial charge in [-0.05, 0) is 56.0 Å². The molecular formula is C15H17N. The topological polar surface area (TPSA) is 12.9 Å². The van der Waals surface area contributed by atoms with Crippen molar-refractivity contribution in [3.05, 3.63) is 52.8 Å². The molecule has 0 bridgehead atoms. The third kappa shape index (κ3) is 1.99. The molecule has 0 aliphatic heterocycles. The molecule has 16 heavy (non-hydrogen) atoms. The van der Waals surface area contributed by atoms with E-state index < -0.39 is 0 Å². The zero-order chi connectivity index (χ0) is 11.7. The second kappa shape index (κ2) is 4.09. The maximum atomic E-state index is 4.32. The molecular weight excluding hydrogens is 194 g/mol. The van der Waals surface area contributed by atoms with Crippen molar-refractivity contribution in [1.82, 2.24) is 4.98 Å². The molecule has 0 radical (unpaired) electrons. The third-order valence-electron chi connectivity index (χ3n) is 2.92. The highest BCUT2D eigenvalue weighted by molar-refractivity contribution is 5.70. The van der Waals surface area contributed by atoms with Gasteiger partial charge in [0.05, 0.1) is 0 Å². The molecule has 0 atom stereocenters. The standard InChI is InChI=1S/C15H17N/c1-10-5-6-11(2)14(7-10)15-8-13(4)16-9-12(15)3/h5-9H,1-4H3. The van der Waals surface area contributed by atoms with Gasteiger partial charge in [-0.3, -0.25) is 4.98 Å². The maximum absolute atomic E-state index is 4.32. The average Bonchev–Trinajstić information content (AvgIpc) is 2.25. The highest BCUT2D eigenvalue weighted by Gasteiger charge is 2.06. The Morgan fingerprint density at radius 2 is 1.50 bits per heavy atom. The highest BCUT2D eigenvalue weighted by atomic mass is 14.7. The van der Waals surface area contributed by atoms with Gasteiger partial charge in [0.2, 0.25) is 0 Å². The van der Waals surface area contributed by atoms with Crippen LogP contribution in [0.3, 0.4) is 0 Å². The Bertz CT molecular complexity index is 477. The fraction of sp³-hybridized carbons (Fsp3) is 0.267. The van der Waals surface area contributed by atoms with Gasteiger partial charge in [0.15, 0.2) is 0 Å². The lowest BCUT2D eigenvalue weighted by Gasteiger charge is -2.10. The zero-order valence-electron chi connectivity index (χ0n) is 10.3. The molecule has 0 amide bonds. The molecule has 0 fully saturated rings. The van der Waals surface area contributed by atoms with E-state index >= 15 is 0 Å². The molecule has 0 saturated carbocycles. The van der Waals surface area contributed by atoms with E-state index in [0.29, 0.717) is 0 Å². The van der Waals surface area contributed by atoms with E-state index in [2.05, 4.69) is 50.0 Å². The van der Waals surface area contributed by atoms with Gasteiger partial charge in [0, 0.05) is 11.9 Å². The molecule has 2 aromatic rings. The van der Waals surface area contributed by atoms with Crippen LogP contribution in [0, 0.1) is 27.7 Å². The molecule has 0 unspecified atom stereocenters. The number of hydrogen-bond acceptors (Lipinski definition) is 1. The minimum atomic E-state index is 1.07. The van der Waals surface area contributed by atoms with Gasteiger partial charge in [-0.25, -0.2) is 0 Å². The molecule has 0 N–H and O–H groups in total. The summed E-state index contributed by atoms with van der Waals surface area (Å²) >= 11 is 0. The van der Waals surface area contributed by atoms with Crippen molar-refractivity contribution in [2.24, 2.45) is 0 Å². The summed E-state index contributed by atoms with van der Waals surface area (Å²) < 4.78 is 0. The number of pyridine rings is 1. The van der Waals surface area contributed by atoms with Gasteiger partial charge in [-0.15, -0.1) is 0 Å². The van der Waals surface area contributed by atoms with Gasteiger partial charge in [-0.1, -0.05) is 23.8 Å². The van der Waals surface area contributed by atoms with Crippen molar-refractivity contribution in [2.45, 2.75) is 27.7 Å². The number of benzene rings is 1. The summed E-state index contributed by atoms with van der Waals surface area (Å²) in [5.74, 6) is 0. The molecule has 0 spiro atoms. The van der Waals surface area contributed by atoms with Crippen molar-refractivity contribution in [2.75, 3.05) is 0 Å². The molecule has 1 aromatic carbocycles. The van der Waals surface area contributed by atoms with Crippen LogP contribution in [0.4, 0.5) is 0 Å². The lowest BCUT2D eigenvalue weighted by molar-refractivity contribution is 1.17. The van der Waals surface area contributed by atoms with Crippen molar-refractivity contribution < 1.29 is 0 Å². The largest absolute Gasteiger partial charge is 0.261 e. The predicted octanol–water partition coefficient (Wildman–Crippen LogP) is 3.98. The summed E-state index contributed by atoms with van der Waals surface area (Å²) in [5, 5.41) is 0. The van der Waals surface area contributed by atoms with Crippen molar-refractivity contribution in [1.29, 1.82) is 0 Å². The SMILES string of the molecule is Cc1ccc(C)c(-c2cc(C)ncc2C)c1. The lowest BCUT2D eigenvalue weighted by Crippen LogP contribution is -1.91. The smallest absolute Gasteiger partial charge is 0.0379 e. The van der Waals surface area contributed by atoms with E-state index in [-0.39, 0.29) is 0 Å². The Kier molecular flexibility index (Phi) is 2.78. The Morgan fingerprint density at radius 1 is 0.812 bits per heavy atom. The zero-order valence-corrected chi connectivity index (χ0v) is 10.3. The first-order valence-corrected chi connectivity index (χ1v) is 5.59. The van der Waals surface area contributed by atoms with Gasteiger partial charge < -0.3 is 0 Å². The summed E-state index contributed by atoms with van der Waals surface area (Å²) in [5.41, 5.74) is 7.55. The second-order valence-electron chi connectivity index (χ2n) is 4.46. The first kappa shape index (κ1) is 10.9. The molecule has 0 saturated heterocycles. The van der Waals surface area contributed by atoms with E-state index in [9.17, 15) is 0 Å². The van der Waals surface area contributed by atoms with E-state index in [0.717, 1.165) is 5.69 Å². The monoisotopic (exact) mass is 211 g/mol. The first-order chi connectivity index (χ1) is 7.58. The molecule has 1 nitrogen and oxygen atoms in total. The molecule has 1 heterocycles. The molecule has 82 valence electrons. The van der Waals surface area contributed by atoms with Crippen LogP contribution in [0.15, 0.2) is 30.5 Å². The predicted molar refractivity (Wildman–Crippen MR) is 68.6 cm³/mol. The minimum Gasteiger partial charge on any atom is -0.261 e. The fourth-order valence-electron chi connectivity index (χ4n) is 1.94. The number of aryl methyl sites for hydroxylation is 4. The van der Waals surface area contributed by atoms with Crippen molar-refractivity contribution in [3.8, 4) is 11.1 Å². The molecule has 2 rings (SSSR count). The number of aromatic nitrogens is 1. The van der Waals surface area contributed by atoms with Gasteiger partial charge >= 0.3 is 0 Å². The summed E-state index contributed by atoms with van der Waals surface area (Å²) in [4.78, 5) is 4.32. The van der Waals surface area contributed by atoms with Crippen LogP contribution in [-0.4, -0.2) is 4.98 Å². The van der Waals surface area contributed by atoms with E-state index in [1.165, 1.54) is 27.8 Å². The van der Waals surface area contributed by atoms with Crippen LogP contribution >= 0.6 is 0 Å². The van der Waals surface area contributed by atoms with Gasteiger partial charge in [0.25, 0.3) is 0 Å². The number of nitrogens with zero attached hydrogens (tertiary/aromatic N) is 1. The normalized spacial score (nSPS) is 10.5. The number of hydrogen-bond donors (Lipinski definition) is 0. The summed E-state index contributed by atoms with van der Waals surface area (Å²) in [6.45, 7) is 8.44. The highest BCUT2D eigenvalue weighted by Crippen LogP contribution is 2.27.